The average Bonchev–Trinajstić information content (AvgIpc) is 2.85. The van der Waals surface area contributed by atoms with E-state index in [4.69, 9.17) is 0 Å². The third kappa shape index (κ3) is 3.46. The molecular formula is C14H20FNS. The Kier molecular flexibility index (Phi) is 4.86. The van der Waals surface area contributed by atoms with Crippen molar-refractivity contribution < 1.29 is 4.39 Å². The number of benzene rings is 1. The first-order chi connectivity index (χ1) is 8.31. The van der Waals surface area contributed by atoms with Crippen LogP contribution in [0.15, 0.2) is 24.3 Å². The van der Waals surface area contributed by atoms with Crippen LogP contribution in [0.4, 0.5) is 4.39 Å². The van der Waals surface area contributed by atoms with Crippen LogP contribution in [-0.2, 0) is 6.42 Å². The number of likely N-dealkylation sites (N-methyl/N-ethyl adjacent to an activating group) is 1. The number of hydrogen-bond acceptors (Lipinski definition) is 2. The molecule has 1 saturated heterocycles. The van der Waals surface area contributed by atoms with E-state index in [1.165, 1.54) is 18.6 Å². The van der Waals surface area contributed by atoms with Crippen molar-refractivity contribution in [2.75, 3.05) is 12.3 Å². The lowest BCUT2D eigenvalue weighted by Crippen LogP contribution is -2.39. The Labute approximate surface area is 107 Å². The van der Waals surface area contributed by atoms with Gasteiger partial charge in [-0.05, 0) is 43.2 Å². The molecule has 2 unspecified atom stereocenters. The summed E-state index contributed by atoms with van der Waals surface area (Å²) in [7, 11) is 0. The van der Waals surface area contributed by atoms with E-state index in [-0.39, 0.29) is 5.82 Å². The number of nitrogens with one attached hydrogen (secondary N) is 1. The number of halogens is 1. The van der Waals surface area contributed by atoms with Gasteiger partial charge in [-0.2, -0.15) is 11.8 Å². The fourth-order valence-electron chi connectivity index (χ4n) is 2.42. The highest BCUT2D eigenvalue weighted by atomic mass is 32.2. The van der Waals surface area contributed by atoms with Gasteiger partial charge in [0.2, 0.25) is 0 Å². The molecule has 0 aromatic heterocycles. The van der Waals surface area contributed by atoms with Gasteiger partial charge in [-0.15, -0.1) is 0 Å². The second kappa shape index (κ2) is 6.41. The lowest BCUT2D eigenvalue weighted by Gasteiger charge is -2.24. The highest BCUT2D eigenvalue weighted by Crippen LogP contribution is 2.30. The predicted molar refractivity (Wildman–Crippen MR) is 73.0 cm³/mol. The Balaban J connectivity index is 2.04. The molecule has 17 heavy (non-hydrogen) atoms. The topological polar surface area (TPSA) is 12.0 Å². The monoisotopic (exact) mass is 253 g/mol. The molecule has 0 aliphatic carbocycles. The Morgan fingerprint density at radius 1 is 1.47 bits per heavy atom. The summed E-state index contributed by atoms with van der Waals surface area (Å²) in [6, 6.07) is 7.54. The van der Waals surface area contributed by atoms with E-state index in [0.717, 1.165) is 18.5 Å². The molecular weight excluding hydrogens is 233 g/mol. The van der Waals surface area contributed by atoms with E-state index < -0.39 is 0 Å². The average molecular weight is 253 g/mol. The van der Waals surface area contributed by atoms with Gasteiger partial charge < -0.3 is 5.32 Å². The summed E-state index contributed by atoms with van der Waals surface area (Å²) < 4.78 is 13.6. The molecule has 94 valence electrons. The quantitative estimate of drug-likeness (QED) is 0.864. The van der Waals surface area contributed by atoms with E-state index >= 15 is 0 Å². The second-order valence-corrected chi connectivity index (χ2v) is 5.86. The summed E-state index contributed by atoms with van der Waals surface area (Å²) in [4.78, 5) is 0. The fraction of sp³-hybridized carbons (Fsp3) is 0.571. The van der Waals surface area contributed by atoms with E-state index in [2.05, 4.69) is 12.2 Å². The summed E-state index contributed by atoms with van der Waals surface area (Å²) >= 11 is 2.03. The van der Waals surface area contributed by atoms with Gasteiger partial charge in [0.05, 0.1) is 0 Å². The molecule has 1 fully saturated rings. The van der Waals surface area contributed by atoms with Crippen LogP contribution in [0.25, 0.3) is 0 Å². The lowest BCUT2D eigenvalue weighted by atomic mass is 10.0. The van der Waals surface area contributed by atoms with Crippen LogP contribution in [0.5, 0.6) is 0 Å². The van der Waals surface area contributed by atoms with Gasteiger partial charge in [-0.3, -0.25) is 0 Å². The van der Waals surface area contributed by atoms with Gasteiger partial charge in [0, 0.05) is 11.3 Å². The normalized spacial score (nSPS) is 21.6. The minimum atomic E-state index is -0.0709. The van der Waals surface area contributed by atoms with Crippen molar-refractivity contribution in [3.63, 3.8) is 0 Å². The van der Waals surface area contributed by atoms with Gasteiger partial charge in [0.15, 0.2) is 0 Å². The fourth-order valence-corrected chi connectivity index (χ4v) is 3.81. The summed E-state index contributed by atoms with van der Waals surface area (Å²) in [6.07, 6.45) is 3.36. The van der Waals surface area contributed by atoms with E-state index in [1.807, 2.05) is 23.9 Å². The van der Waals surface area contributed by atoms with Crippen molar-refractivity contribution in [1.82, 2.24) is 5.32 Å². The first-order valence-electron chi connectivity index (χ1n) is 6.39. The minimum absolute atomic E-state index is 0.0709. The van der Waals surface area contributed by atoms with Crippen molar-refractivity contribution in [2.24, 2.45) is 0 Å². The Hall–Kier alpha value is -0.540. The maximum absolute atomic E-state index is 13.6. The molecule has 1 aromatic rings. The predicted octanol–water partition coefficient (Wildman–Crippen LogP) is 3.24. The molecule has 1 N–H and O–H groups in total. The van der Waals surface area contributed by atoms with Crippen molar-refractivity contribution in [1.29, 1.82) is 0 Å². The summed E-state index contributed by atoms with van der Waals surface area (Å²) in [5, 5.41) is 4.16. The van der Waals surface area contributed by atoms with Gasteiger partial charge in [0.25, 0.3) is 0 Å². The molecule has 0 bridgehead atoms. The zero-order valence-electron chi connectivity index (χ0n) is 10.3. The van der Waals surface area contributed by atoms with Crippen LogP contribution < -0.4 is 5.32 Å². The Morgan fingerprint density at radius 2 is 2.29 bits per heavy atom. The Bertz CT molecular complexity index is 350. The highest BCUT2D eigenvalue weighted by Gasteiger charge is 2.25. The van der Waals surface area contributed by atoms with Crippen LogP contribution in [0, 0.1) is 5.82 Å². The van der Waals surface area contributed by atoms with Crippen LogP contribution in [-0.4, -0.2) is 23.6 Å². The standard InChI is InChI=1S/C14H20FNS/c1-2-16-13(14-8-5-9-17-14)10-11-6-3-4-7-12(11)15/h3-4,6-7,13-14,16H,2,5,8-10H2,1H3. The first kappa shape index (κ1) is 12.9. The molecule has 0 saturated carbocycles. The largest absolute Gasteiger partial charge is 0.313 e. The highest BCUT2D eigenvalue weighted by molar-refractivity contribution is 8.00. The number of thioether (sulfide) groups is 1. The van der Waals surface area contributed by atoms with Gasteiger partial charge >= 0.3 is 0 Å². The number of rotatable bonds is 5. The zero-order valence-corrected chi connectivity index (χ0v) is 11.1. The maximum atomic E-state index is 13.6. The summed E-state index contributed by atoms with van der Waals surface area (Å²) in [5.41, 5.74) is 0.839. The molecule has 2 rings (SSSR count). The smallest absolute Gasteiger partial charge is 0.126 e. The molecule has 2 atom stereocenters. The van der Waals surface area contributed by atoms with Crippen molar-refractivity contribution in [3.8, 4) is 0 Å². The van der Waals surface area contributed by atoms with Crippen molar-refractivity contribution in [2.45, 2.75) is 37.5 Å². The molecule has 0 radical (unpaired) electrons. The Morgan fingerprint density at radius 3 is 2.94 bits per heavy atom. The summed E-state index contributed by atoms with van der Waals surface area (Å²) in [5.74, 6) is 1.18. The second-order valence-electron chi connectivity index (χ2n) is 4.51. The zero-order chi connectivity index (χ0) is 12.1. The van der Waals surface area contributed by atoms with Crippen LogP contribution in [0.3, 0.4) is 0 Å². The number of hydrogen-bond donors (Lipinski definition) is 1. The van der Waals surface area contributed by atoms with Gasteiger partial charge in [-0.25, -0.2) is 4.39 Å². The van der Waals surface area contributed by atoms with Crippen LogP contribution in [0.1, 0.15) is 25.3 Å². The third-order valence-corrected chi connectivity index (χ3v) is 4.79. The van der Waals surface area contributed by atoms with Gasteiger partial charge in [0.1, 0.15) is 5.82 Å². The van der Waals surface area contributed by atoms with Crippen molar-refractivity contribution in [3.05, 3.63) is 35.6 Å². The molecule has 1 heterocycles. The third-order valence-electron chi connectivity index (χ3n) is 3.28. The lowest BCUT2D eigenvalue weighted by molar-refractivity contribution is 0.484. The molecule has 3 heteroatoms. The molecule has 1 aromatic carbocycles. The molecule has 1 aliphatic heterocycles. The minimum Gasteiger partial charge on any atom is -0.313 e. The SMILES string of the molecule is CCNC(Cc1ccccc1F)C1CCCS1. The van der Waals surface area contributed by atoms with Crippen LogP contribution >= 0.6 is 11.8 Å². The van der Waals surface area contributed by atoms with E-state index in [0.29, 0.717) is 11.3 Å². The van der Waals surface area contributed by atoms with Gasteiger partial charge in [-0.1, -0.05) is 25.1 Å². The molecule has 0 spiro atoms. The molecule has 1 aliphatic rings. The van der Waals surface area contributed by atoms with E-state index in [1.54, 1.807) is 12.1 Å². The first-order valence-corrected chi connectivity index (χ1v) is 7.44. The summed E-state index contributed by atoms with van der Waals surface area (Å²) in [6.45, 7) is 3.07. The molecule has 1 nitrogen and oxygen atoms in total. The van der Waals surface area contributed by atoms with Crippen molar-refractivity contribution >= 4 is 11.8 Å². The van der Waals surface area contributed by atoms with E-state index in [9.17, 15) is 4.39 Å². The van der Waals surface area contributed by atoms with Crippen LogP contribution in [0.2, 0.25) is 0 Å². The molecule has 0 amide bonds. The maximum Gasteiger partial charge on any atom is 0.126 e.